The molecular weight excluding hydrogens is 258 g/mol. The first-order valence-corrected chi connectivity index (χ1v) is 8.17. The molecule has 1 aromatic heterocycles. The Labute approximate surface area is 127 Å². The Morgan fingerprint density at radius 3 is 2.95 bits per heavy atom. The predicted molar refractivity (Wildman–Crippen MR) is 86.4 cm³/mol. The number of rotatable bonds is 5. The number of aryl methyl sites for hydroxylation is 2. The van der Waals surface area contributed by atoms with Crippen LogP contribution >= 0.6 is 0 Å². The quantitative estimate of drug-likeness (QED) is 0.907. The number of hydrogen-bond donors (Lipinski definition) is 1. The fourth-order valence-corrected chi connectivity index (χ4v) is 3.56. The minimum absolute atomic E-state index is 0.372. The molecule has 0 bridgehead atoms. The second-order valence-corrected chi connectivity index (χ2v) is 5.86. The summed E-state index contributed by atoms with van der Waals surface area (Å²) in [6, 6.07) is 9.32. The topological polar surface area (TPSA) is 29.9 Å². The third-order valence-corrected chi connectivity index (χ3v) is 4.58. The molecule has 1 heterocycles. The highest BCUT2D eigenvalue weighted by Crippen LogP contribution is 2.40. The molecule has 0 fully saturated rings. The molecule has 2 atom stereocenters. The molecule has 0 spiro atoms. The van der Waals surface area contributed by atoms with E-state index in [1.807, 2.05) is 10.9 Å². The minimum atomic E-state index is 0.372. The van der Waals surface area contributed by atoms with Crippen molar-refractivity contribution < 1.29 is 0 Å². The molecule has 1 aliphatic carbocycles. The van der Waals surface area contributed by atoms with Crippen molar-refractivity contribution in [1.29, 1.82) is 0 Å². The highest BCUT2D eigenvalue weighted by molar-refractivity contribution is 5.35. The number of hydrogen-bond acceptors (Lipinski definition) is 2. The van der Waals surface area contributed by atoms with Crippen LogP contribution in [-0.4, -0.2) is 16.3 Å². The maximum atomic E-state index is 4.47. The van der Waals surface area contributed by atoms with Crippen LogP contribution in [0.5, 0.6) is 0 Å². The highest BCUT2D eigenvalue weighted by Gasteiger charge is 2.29. The number of aromatic nitrogens is 2. The Bertz CT molecular complexity index is 588. The van der Waals surface area contributed by atoms with Gasteiger partial charge in [-0.2, -0.15) is 5.10 Å². The van der Waals surface area contributed by atoms with Gasteiger partial charge in [0.15, 0.2) is 0 Å². The first kappa shape index (κ1) is 14.3. The lowest BCUT2D eigenvalue weighted by Crippen LogP contribution is -2.29. The molecule has 1 aliphatic rings. The third kappa shape index (κ3) is 2.88. The summed E-state index contributed by atoms with van der Waals surface area (Å²) in [6.45, 7) is 6.24. The maximum Gasteiger partial charge on any atom is 0.0537 e. The van der Waals surface area contributed by atoms with Crippen molar-refractivity contribution in [1.82, 2.24) is 15.1 Å². The molecule has 0 radical (unpaired) electrons. The molecule has 1 aromatic carbocycles. The number of nitrogens with zero attached hydrogens (tertiary/aromatic N) is 2. The number of nitrogens with one attached hydrogen (secondary N) is 1. The van der Waals surface area contributed by atoms with Crippen LogP contribution in [0.2, 0.25) is 0 Å². The predicted octanol–water partition coefficient (Wildman–Crippen LogP) is 3.67. The van der Waals surface area contributed by atoms with Gasteiger partial charge in [0.2, 0.25) is 0 Å². The molecule has 112 valence electrons. The summed E-state index contributed by atoms with van der Waals surface area (Å²) in [4.78, 5) is 0. The summed E-state index contributed by atoms with van der Waals surface area (Å²) in [5, 5.41) is 8.16. The van der Waals surface area contributed by atoms with Crippen molar-refractivity contribution in [2.45, 2.75) is 51.6 Å². The second kappa shape index (κ2) is 6.44. The van der Waals surface area contributed by atoms with Gasteiger partial charge in [-0.1, -0.05) is 31.2 Å². The zero-order valence-electron chi connectivity index (χ0n) is 13.0. The van der Waals surface area contributed by atoms with Gasteiger partial charge in [0.1, 0.15) is 0 Å². The van der Waals surface area contributed by atoms with Crippen molar-refractivity contribution in [3.63, 3.8) is 0 Å². The lowest BCUT2D eigenvalue weighted by atomic mass is 9.77. The van der Waals surface area contributed by atoms with Crippen molar-refractivity contribution in [2.75, 3.05) is 6.54 Å². The van der Waals surface area contributed by atoms with Gasteiger partial charge in [-0.3, -0.25) is 4.68 Å². The van der Waals surface area contributed by atoms with Crippen LogP contribution in [0.25, 0.3) is 0 Å². The lowest BCUT2D eigenvalue weighted by molar-refractivity contribution is 0.408. The SMILES string of the molecule is CCNC(c1cnn(CC)c1)C1CCCc2ccccc21. The van der Waals surface area contributed by atoms with Gasteiger partial charge < -0.3 is 5.32 Å². The van der Waals surface area contributed by atoms with E-state index >= 15 is 0 Å². The number of fused-ring (bicyclic) bond motifs is 1. The summed E-state index contributed by atoms with van der Waals surface area (Å²) in [5.41, 5.74) is 4.37. The van der Waals surface area contributed by atoms with Crippen LogP contribution in [0.3, 0.4) is 0 Å². The minimum Gasteiger partial charge on any atom is -0.310 e. The van der Waals surface area contributed by atoms with Gasteiger partial charge in [0.05, 0.1) is 6.20 Å². The van der Waals surface area contributed by atoms with Crippen LogP contribution < -0.4 is 5.32 Å². The number of benzene rings is 1. The summed E-state index contributed by atoms with van der Waals surface area (Å²) in [6.07, 6.45) is 8.00. The molecular formula is C18H25N3. The van der Waals surface area contributed by atoms with Crippen LogP contribution in [0.15, 0.2) is 36.7 Å². The largest absolute Gasteiger partial charge is 0.310 e. The van der Waals surface area contributed by atoms with E-state index in [9.17, 15) is 0 Å². The molecule has 0 saturated heterocycles. The molecule has 0 saturated carbocycles. The Morgan fingerprint density at radius 1 is 1.33 bits per heavy atom. The molecule has 2 unspecified atom stereocenters. The third-order valence-electron chi connectivity index (χ3n) is 4.58. The molecule has 3 nitrogen and oxygen atoms in total. The van der Waals surface area contributed by atoms with Gasteiger partial charge in [-0.05, 0) is 43.9 Å². The smallest absolute Gasteiger partial charge is 0.0537 e. The van der Waals surface area contributed by atoms with Crippen molar-refractivity contribution in [2.24, 2.45) is 0 Å². The summed E-state index contributed by atoms with van der Waals surface area (Å²) >= 11 is 0. The zero-order chi connectivity index (χ0) is 14.7. The van der Waals surface area contributed by atoms with Gasteiger partial charge >= 0.3 is 0 Å². The van der Waals surface area contributed by atoms with Crippen molar-refractivity contribution in [3.05, 3.63) is 53.3 Å². The number of likely N-dealkylation sites (N-methyl/N-ethyl adjacent to an activating group) is 1. The average molecular weight is 283 g/mol. The second-order valence-electron chi connectivity index (χ2n) is 5.86. The zero-order valence-corrected chi connectivity index (χ0v) is 13.0. The van der Waals surface area contributed by atoms with Crippen molar-refractivity contribution in [3.8, 4) is 0 Å². The first-order valence-electron chi connectivity index (χ1n) is 8.17. The Hall–Kier alpha value is -1.61. The van der Waals surface area contributed by atoms with E-state index in [1.54, 1.807) is 0 Å². The average Bonchev–Trinajstić information content (AvgIpc) is 3.01. The fraction of sp³-hybridized carbons (Fsp3) is 0.500. The van der Waals surface area contributed by atoms with E-state index < -0.39 is 0 Å². The normalized spacial score (nSPS) is 19.2. The van der Waals surface area contributed by atoms with E-state index in [0.717, 1.165) is 13.1 Å². The van der Waals surface area contributed by atoms with Gasteiger partial charge in [-0.15, -0.1) is 0 Å². The van der Waals surface area contributed by atoms with E-state index in [1.165, 1.54) is 36.0 Å². The van der Waals surface area contributed by atoms with Crippen LogP contribution in [-0.2, 0) is 13.0 Å². The van der Waals surface area contributed by atoms with Gasteiger partial charge in [0, 0.05) is 30.3 Å². The monoisotopic (exact) mass is 283 g/mol. The summed E-state index contributed by atoms with van der Waals surface area (Å²) < 4.78 is 2.02. The van der Waals surface area contributed by atoms with Crippen LogP contribution in [0.4, 0.5) is 0 Å². The standard InChI is InChI=1S/C18H25N3/c1-3-19-18(15-12-20-21(4-2)13-15)17-11-7-9-14-8-5-6-10-16(14)17/h5-6,8,10,12-13,17-19H,3-4,7,9,11H2,1-2H3. The highest BCUT2D eigenvalue weighted by atomic mass is 15.3. The van der Waals surface area contributed by atoms with Crippen molar-refractivity contribution >= 4 is 0 Å². The molecule has 2 aromatic rings. The van der Waals surface area contributed by atoms with Gasteiger partial charge in [-0.25, -0.2) is 0 Å². The Balaban J connectivity index is 1.94. The molecule has 3 heteroatoms. The van der Waals surface area contributed by atoms with E-state index in [4.69, 9.17) is 0 Å². The van der Waals surface area contributed by atoms with E-state index in [2.05, 4.69) is 54.7 Å². The molecule has 3 rings (SSSR count). The molecule has 21 heavy (non-hydrogen) atoms. The van der Waals surface area contributed by atoms with E-state index in [-0.39, 0.29) is 0 Å². The van der Waals surface area contributed by atoms with Crippen LogP contribution in [0, 0.1) is 0 Å². The van der Waals surface area contributed by atoms with E-state index in [0.29, 0.717) is 12.0 Å². The molecule has 0 amide bonds. The summed E-state index contributed by atoms with van der Waals surface area (Å²) in [7, 11) is 0. The Kier molecular flexibility index (Phi) is 4.39. The first-order chi connectivity index (χ1) is 10.3. The summed E-state index contributed by atoms with van der Waals surface area (Å²) in [5.74, 6) is 0.560. The van der Waals surface area contributed by atoms with Gasteiger partial charge in [0.25, 0.3) is 0 Å². The lowest BCUT2D eigenvalue weighted by Gasteiger charge is -2.32. The fourth-order valence-electron chi connectivity index (χ4n) is 3.56. The van der Waals surface area contributed by atoms with Crippen LogP contribution in [0.1, 0.15) is 55.3 Å². The molecule has 1 N–H and O–H groups in total. The Morgan fingerprint density at radius 2 is 2.19 bits per heavy atom. The maximum absolute atomic E-state index is 4.47. The molecule has 0 aliphatic heterocycles.